The summed E-state index contributed by atoms with van der Waals surface area (Å²) >= 11 is 1.44. The molecule has 25 heavy (non-hydrogen) atoms. The van der Waals surface area contributed by atoms with Crippen molar-refractivity contribution in [3.05, 3.63) is 60.2 Å². The highest BCUT2D eigenvalue weighted by Crippen LogP contribution is 2.24. The highest BCUT2D eigenvalue weighted by atomic mass is 32.2. The van der Waals surface area contributed by atoms with Gasteiger partial charge in [-0.05, 0) is 37.6 Å². The second-order valence-corrected chi connectivity index (χ2v) is 6.40. The summed E-state index contributed by atoms with van der Waals surface area (Å²) in [6.07, 6.45) is 2.70. The van der Waals surface area contributed by atoms with Crippen LogP contribution in [0, 0.1) is 6.92 Å². The van der Waals surface area contributed by atoms with Gasteiger partial charge >= 0.3 is 5.97 Å². The first-order valence-electron chi connectivity index (χ1n) is 7.75. The second-order valence-electron chi connectivity index (χ2n) is 5.38. The van der Waals surface area contributed by atoms with E-state index >= 15 is 0 Å². The number of benzene rings is 1. The van der Waals surface area contributed by atoms with Gasteiger partial charge in [0.25, 0.3) is 5.89 Å². The van der Waals surface area contributed by atoms with E-state index in [1.807, 2.05) is 37.3 Å². The van der Waals surface area contributed by atoms with Crippen LogP contribution in [-0.4, -0.2) is 26.8 Å². The molecule has 0 aliphatic rings. The Hall–Kier alpha value is -2.67. The molecule has 2 aromatic heterocycles. The van der Waals surface area contributed by atoms with E-state index in [4.69, 9.17) is 9.26 Å². The minimum atomic E-state index is -0.608. The molecule has 1 atom stereocenters. The molecule has 7 heteroatoms. The lowest BCUT2D eigenvalue weighted by Crippen LogP contribution is -2.11. The highest BCUT2D eigenvalue weighted by Gasteiger charge is 2.19. The maximum absolute atomic E-state index is 12.0. The molecule has 128 valence electrons. The Morgan fingerprint density at radius 1 is 1.28 bits per heavy atom. The highest BCUT2D eigenvalue weighted by molar-refractivity contribution is 8.00. The zero-order valence-corrected chi connectivity index (χ0v) is 14.7. The van der Waals surface area contributed by atoms with Crippen LogP contribution in [0.3, 0.4) is 0 Å². The third-order valence-corrected chi connectivity index (χ3v) is 4.61. The van der Waals surface area contributed by atoms with Crippen LogP contribution in [0.4, 0.5) is 0 Å². The first-order valence-corrected chi connectivity index (χ1v) is 8.74. The van der Waals surface area contributed by atoms with Crippen LogP contribution >= 0.6 is 11.8 Å². The number of carbonyl (C=O) groups excluding carboxylic acids is 1. The first kappa shape index (κ1) is 17.2. The molecule has 0 amide bonds. The summed E-state index contributed by atoms with van der Waals surface area (Å²) in [5.74, 6) is 0.564. The van der Waals surface area contributed by atoms with Gasteiger partial charge in [-0.1, -0.05) is 23.4 Å². The fraction of sp³-hybridized carbons (Fsp3) is 0.222. The number of hydrogen-bond donors (Lipinski definition) is 0. The summed E-state index contributed by atoms with van der Waals surface area (Å²) in [5.41, 5.74) is 1.87. The van der Waals surface area contributed by atoms with Crippen molar-refractivity contribution in [3.8, 4) is 11.4 Å². The summed E-state index contributed by atoms with van der Waals surface area (Å²) in [4.78, 5) is 21.4. The number of ether oxygens (including phenoxy) is 1. The minimum absolute atomic E-state index is 0.221. The van der Waals surface area contributed by atoms with Gasteiger partial charge in [-0.15, -0.1) is 11.8 Å². The molecule has 2 heterocycles. The number of esters is 1. The molecule has 0 aliphatic carbocycles. The lowest BCUT2D eigenvalue weighted by Gasteiger charge is -2.09. The normalized spacial score (nSPS) is 11.9. The monoisotopic (exact) mass is 355 g/mol. The molecule has 6 nitrogen and oxygen atoms in total. The number of pyridine rings is 1. The van der Waals surface area contributed by atoms with E-state index in [9.17, 15) is 4.79 Å². The maximum Gasteiger partial charge on any atom is 0.317 e. The first-order chi connectivity index (χ1) is 12.1. The number of carbonyl (C=O) groups is 1. The van der Waals surface area contributed by atoms with Crippen molar-refractivity contribution in [2.75, 3.05) is 5.75 Å². The summed E-state index contributed by atoms with van der Waals surface area (Å²) < 4.78 is 10.6. The third kappa shape index (κ3) is 4.45. The Bertz CT molecular complexity index is 852. The van der Waals surface area contributed by atoms with Crippen LogP contribution in [0.15, 0.2) is 58.2 Å². The van der Waals surface area contributed by atoms with Crippen molar-refractivity contribution in [1.82, 2.24) is 15.1 Å². The van der Waals surface area contributed by atoms with E-state index in [-0.39, 0.29) is 17.6 Å². The molecule has 3 aromatic rings. The van der Waals surface area contributed by atoms with Crippen molar-refractivity contribution in [1.29, 1.82) is 0 Å². The lowest BCUT2D eigenvalue weighted by atomic mass is 10.2. The predicted molar refractivity (Wildman–Crippen MR) is 93.9 cm³/mol. The standard InChI is InChI=1S/C18H17N3O3S/c1-12-6-3-4-8-15(12)25-11-16(22)23-13(2)18-20-17(21-24-18)14-7-5-9-19-10-14/h3-10,13H,11H2,1-2H3. The summed E-state index contributed by atoms with van der Waals surface area (Å²) in [7, 11) is 0. The predicted octanol–water partition coefficient (Wildman–Crippen LogP) is 3.84. The van der Waals surface area contributed by atoms with Crippen molar-refractivity contribution < 1.29 is 14.1 Å². The number of nitrogens with zero attached hydrogens (tertiary/aromatic N) is 3. The summed E-state index contributed by atoms with van der Waals surface area (Å²) in [5, 5.41) is 3.90. The molecule has 0 spiro atoms. The number of aryl methyl sites for hydroxylation is 1. The van der Waals surface area contributed by atoms with E-state index in [2.05, 4.69) is 15.1 Å². The Morgan fingerprint density at radius 2 is 2.12 bits per heavy atom. The Labute approximate surface area is 149 Å². The molecule has 0 radical (unpaired) electrons. The average molecular weight is 355 g/mol. The average Bonchev–Trinajstić information content (AvgIpc) is 3.12. The topological polar surface area (TPSA) is 78.1 Å². The molecule has 0 aliphatic heterocycles. The van der Waals surface area contributed by atoms with Crippen LogP contribution in [-0.2, 0) is 9.53 Å². The zero-order chi connectivity index (χ0) is 17.6. The van der Waals surface area contributed by atoms with Gasteiger partial charge in [0.2, 0.25) is 5.82 Å². The number of rotatable bonds is 6. The van der Waals surface area contributed by atoms with Gasteiger partial charge in [0.1, 0.15) is 0 Å². The summed E-state index contributed by atoms with van der Waals surface area (Å²) in [6, 6.07) is 11.5. The number of thioether (sulfide) groups is 1. The van der Waals surface area contributed by atoms with Crippen LogP contribution in [0.1, 0.15) is 24.5 Å². The van der Waals surface area contributed by atoms with Gasteiger partial charge in [0.05, 0.1) is 5.75 Å². The Morgan fingerprint density at radius 3 is 2.88 bits per heavy atom. The van der Waals surface area contributed by atoms with Crippen LogP contribution in [0.25, 0.3) is 11.4 Å². The van der Waals surface area contributed by atoms with E-state index in [0.717, 1.165) is 16.0 Å². The van der Waals surface area contributed by atoms with Gasteiger partial charge in [-0.3, -0.25) is 9.78 Å². The van der Waals surface area contributed by atoms with Gasteiger partial charge in [0, 0.05) is 22.9 Å². The lowest BCUT2D eigenvalue weighted by molar-refractivity contribution is -0.146. The molecule has 1 unspecified atom stereocenters. The number of hydrogen-bond acceptors (Lipinski definition) is 7. The molecule has 0 saturated heterocycles. The van der Waals surface area contributed by atoms with Gasteiger partial charge < -0.3 is 9.26 Å². The fourth-order valence-electron chi connectivity index (χ4n) is 2.15. The number of aromatic nitrogens is 3. The van der Waals surface area contributed by atoms with Gasteiger partial charge in [-0.25, -0.2) is 0 Å². The molecule has 3 rings (SSSR count). The maximum atomic E-state index is 12.0. The quantitative estimate of drug-likeness (QED) is 0.491. The molecule has 0 fully saturated rings. The Kier molecular flexibility index (Phi) is 5.45. The third-order valence-electron chi connectivity index (χ3n) is 3.46. The van der Waals surface area contributed by atoms with E-state index in [1.165, 1.54) is 11.8 Å². The van der Waals surface area contributed by atoms with Gasteiger partial charge in [-0.2, -0.15) is 4.98 Å². The molecular weight excluding hydrogens is 338 g/mol. The van der Waals surface area contributed by atoms with E-state index in [0.29, 0.717) is 5.82 Å². The minimum Gasteiger partial charge on any atom is -0.452 e. The van der Waals surface area contributed by atoms with E-state index in [1.54, 1.807) is 25.4 Å². The largest absolute Gasteiger partial charge is 0.452 e. The Balaban J connectivity index is 1.57. The van der Waals surface area contributed by atoms with Crippen LogP contribution in [0.5, 0.6) is 0 Å². The molecule has 0 saturated carbocycles. The molecule has 0 bridgehead atoms. The molecule has 0 N–H and O–H groups in total. The van der Waals surface area contributed by atoms with E-state index < -0.39 is 6.10 Å². The van der Waals surface area contributed by atoms with Crippen molar-refractivity contribution in [3.63, 3.8) is 0 Å². The SMILES string of the molecule is Cc1ccccc1SCC(=O)OC(C)c1nc(-c2cccnc2)no1. The zero-order valence-electron chi connectivity index (χ0n) is 13.9. The molecular formula is C18H17N3O3S. The van der Waals surface area contributed by atoms with Gasteiger partial charge in [0.15, 0.2) is 6.10 Å². The van der Waals surface area contributed by atoms with Crippen molar-refractivity contribution >= 4 is 17.7 Å². The smallest absolute Gasteiger partial charge is 0.317 e. The fourth-order valence-corrected chi connectivity index (χ4v) is 2.96. The van der Waals surface area contributed by atoms with Crippen molar-refractivity contribution in [2.24, 2.45) is 0 Å². The summed E-state index contributed by atoms with van der Waals surface area (Å²) in [6.45, 7) is 3.71. The van der Waals surface area contributed by atoms with Crippen LogP contribution < -0.4 is 0 Å². The molecule has 1 aromatic carbocycles. The second kappa shape index (κ2) is 7.94. The van der Waals surface area contributed by atoms with Crippen molar-refractivity contribution in [2.45, 2.75) is 24.8 Å². The van der Waals surface area contributed by atoms with Crippen LogP contribution in [0.2, 0.25) is 0 Å².